The fourth-order valence-corrected chi connectivity index (χ4v) is 4.89. The number of methoxy groups -OCH3 is 1. The SMILES string of the molecule is COc1cccc(CN2CCC(C(=O)N3CCCC3)CC2)c1OCCN1CCOCC1. The van der Waals surface area contributed by atoms with Crippen molar-refractivity contribution in [2.24, 2.45) is 5.92 Å². The Morgan fingerprint density at radius 3 is 2.48 bits per heavy atom. The first-order valence-electron chi connectivity index (χ1n) is 11.8. The monoisotopic (exact) mass is 431 g/mol. The van der Waals surface area contributed by atoms with Crippen LogP contribution in [0.5, 0.6) is 11.5 Å². The molecule has 0 bridgehead atoms. The number of rotatable bonds is 8. The molecule has 7 heteroatoms. The second-order valence-corrected chi connectivity index (χ2v) is 8.83. The number of carbonyl (C=O) groups excluding carboxylic acids is 1. The molecule has 3 saturated heterocycles. The first kappa shape index (κ1) is 22.4. The summed E-state index contributed by atoms with van der Waals surface area (Å²) in [5, 5.41) is 0. The number of hydrogen-bond acceptors (Lipinski definition) is 6. The molecule has 172 valence electrons. The Kier molecular flexibility index (Phi) is 8.05. The van der Waals surface area contributed by atoms with Gasteiger partial charge >= 0.3 is 0 Å². The standard InChI is InChI=1S/C24H37N3O4/c1-29-22-6-4-5-21(23(22)31-18-15-25-13-16-30-17-14-25)19-26-11-7-20(8-12-26)24(28)27-9-2-3-10-27/h4-6,20H,2-3,7-19H2,1H3. The number of benzene rings is 1. The molecule has 0 aliphatic carbocycles. The van der Waals surface area contributed by atoms with E-state index in [-0.39, 0.29) is 5.92 Å². The van der Waals surface area contributed by atoms with Gasteiger partial charge in [-0.3, -0.25) is 14.6 Å². The molecule has 0 spiro atoms. The van der Waals surface area contributed by atoms with Gasteiger partial charge in [0.25, 0.3) is 0 Å². The highest BCUT2D eigenvalue weighted by atomic mass is 16.5. The topological polar surface area (TPSA) is 54.5 Å². The normalized spacial score (nSPS) is 21.4. The Labute approximate surface area is 186 Å². The summed E-state index contributed by atoms with van der Waals surface area (Å²) in [5.41, 5.74) is 1.16. The summed E-state index contributed by atoms with van der Waals surface area (Å²) in [4.78, 5) is 19.6. The lowest BCUT2D eigenvalue weighted by Gasteiger charge is -2.33. The van der Waals surface area contributed by atoms with Gasteiger partial charge < -0.3 is 19.1 Å². The van der Waals surface area contributed by atoms with Crippen molar-refractivity contribution in [2.45, 2.75) is 32.2 Å². The number of ether oxygens (including phenoxy) is 3. The third kappa shape index (κ3) is 5.90. The molecule has 3 aliphatic rings. The lowest BCUT2D eigenvalue weighted by molar-refractivity contribution is -0.136. The molecule has 1 aromatic rings. The first-order chi connectivity index (χ1) is 15.2. The number of piperidine rings is 1. The fraction of sp³-hybridized carbons (Fsp3) is 0.708. The van der Waals surface area contributed by atoms with Crippen molar-refractivity contribution in [3.05, 3.63) is 23.8 Å². The summed E-state index contributed by atoms with van der Waals surface area (Å²) in [6, 6.07) is 6.13. The minimum Gasteiger partial charge on any atom is -0.493 e. The zero-order valence-electron chi connectivity index (χ0n) is 18.9. The van der Waals surface area contributed by atoms with Gasteiger partial charge in [-0.1, -0.05) is 12.1 Å². The van der Waals surface area contributed by atoms with Gasteiger partial charge in [0.15, 0.2) is 11.5 Å². The van der Waals surface area contributed by atoms with Crippen molar-refractivity contribution in [3.8, 4) is 11.5 Å². The lowest BCUT2D eigenvalue weighted by Crippen LogP contribution is -2.41. The summed E-state index contributed by atoms with van der Waals surface area (Å²) in [5.74, 6) is 2.22. The van der Waals surface area contributed by atoms with Crippen LogP contribution in [0, 0.1) is 5.92 Å². The van der Waals surface area contributed by atoms with Gasteiger partial charge in [-0.25, -0.2) is 0 Å². The number of para-hydroxylation sites is 1. The molecule has 3 heterocycles. The third-order valence-electron chi connectivity index (χ3n) is 6.79. The molecule has 0 unspecified atom stereocenters. The van der Waals surface area contributed by atoms with Crippen LogP contribution in [0.1, 0.15) is 31.2 Å². The van der Waals surface area contributed by atoms with Crippen molar-refractivity contribution in [1.82, 2.24) is 14.7 Å². The van der Waals surface area contributed by atoms with Gasteiger partial charge in [-0.2, -0.15) is 0 Å². The van der Waals surface area contributed by atoms with E-state index in [9.17, 15) is 4.79 Å². The molecular weight excluding hydrogens is 394 g/mol. The second-order valence-electron chi connectivity index (χ2n) is 8.83. The largest absolute Gasteiger partial charge is 0.493 e. The highest BCUT2D eigenvalue weighted by Crippen LogP contribution is 2.33. The molecule has 4 rings (SSSR count). The Hall–Kier alpha value is -1.83. The van der Waals surface area contributed by atoms with Crippen LogP contribution in [0.25, 0.3) is 0 Å². The molecule has 0 radical (unpaired) electrons. The maximum absolute atomic E-state index is 12.7. The van der Waals surface area contributed by atoms with E-state index in [2.05, 4.69) is 20.8 Å². The van der Waals surface area contributed by atoms with E-state index >= 15 is 0 Å². The second kappa shape index (κ2) is 11.2. The van der Waals surface area contributed by atoms with Crippen molar-refractivity contribution >= 4 is 5.91 Å². The maximum atomic E-state index is 12.7. The average molecular weight is 432 g/mol. The number of morpholine rings is 1. The van der Waals surface area contributed by atoms with Gasteiger partial charge in [-0.15, -0.1) is 0 Å². The number of hydrogen-bond donors (Lipinski definition) is 0. The molecule has 1 aromatic carbocycles. The van der Waals surface area contributed by atoms with E-state index in [4.69, 9.17) is 14.2 Å². The van der Waals surface area contributed by atoms with Crippen molar-refractivity contribution in [1.29, 1.82) is 0 Å². The molecule has 1 amide bonds. The maximum Gasteiger partial charge on any atom is 0.225 e. The highest BCUT2D eigenvalue weighted by molar-refractivity contribution is 5.79. The van der Waals surface area contributed by atoms with Crippen molar-refractivity contribution in [2.75, 3.05) is 72.7 Å². The zero-order valence-corrected chi connectivity index (χ0v) is 18.9. The molecule has 0 N–H and O–H groups in total. The quantitative estimate of drug-likeness (QED) is 0.629. The van der Waals surface area contributed by atoms with Crippen LogP contribution < -0.4 is 9.47 Å². The van der Waals surface area contributed by atoms with Crippen LogP contribution in [0.15, 0.2) is 18.2 Å². The summed E-state index contributed by atoms with van der Waals surface area (Å²) < 4.78 is 17.3. The molecule has 3 aliphatic heterocycles. The molecule has 0 aromatic heterocycles. The molecule has 0 atom stereocenters. The first-order valence-corrected chi connectivity index (χ1v) is 11.8. The highest BCUT2D eigenvalue weighted by Gasteiger charge is 2.30. The summed E-state index contributed by atoms with van der Waals surface area (Å²) in [6.45, 7) is 9.71. The zero-order chi connectivity index (χ0) is 21.5. The summed E-state index contributed by atoms with van der Waals surface area (Å²) in [6.07, 6.45) is 4.22. The Bertz CT molecular complexity index is 709. The molecule has 3 fully saturated rings. The fourth-order valence-electron chi connectivity index (χ4n) is 4.89. The number of amides is 1. The van der Waals surface area contributed by atoms with E-state index in [1.807, 2.05) is 12.1 Å². The van der Waals surface area contributed by atoms with Crippen LogP contribution in [0.3, 0.4) is 0 Å². The van der Waals surface area contributed by atoms with Crippen LogP contribution in [0.2, 0.25) is 0 Å². The summed E-state index contributed by atoms with van der Waals surface area (Å²) in [7, 11) is 1.70. The van der Waals surface area contributed by atoms with Crippen molar-refractivity contribution in [3.63, 3.8) is 0 Å². The van der Waals surface area contributed by atoms with Crippen LogP contribution >= 0.6 is 0 Å². The molecular formula is C24H37N3O4. The number of nitrogens with zero attached hydrogens (tertiary/aromatic N) is 3. The van der Waals surface area contributed by atoms with E-state index in [0.29, 0.717) is 12.5 Å². The molecule has 31 heavy (non-hydrogen) atoms. The number of carbonyl (C=O) groups is 1. The molecule has 0 saturated carbocycles. The van der Waals surface area contributed by atoms with Crippen LogP contribution in [-0.4, -0.2) is 93.4 Å². The predicted molar refractivity (Wildman–Crippen MR) is 120 cm³/mol. The van der Waals surface area contributed by atoms with E-state index in [1.54, 1.807) is 7.11 Å². The lowest BCUT2D eigenvalue weighted by atomic mass is 9.95. The van der Waals surface area contributed by atoms with Gasteiger partial charge in [-0.05, 0) is 44.8 Å². The Morgan fingerprint density at radius 2 is 1.77 bits per heavy atom. The van der Waals surface area contributed by atoms with Gasteiger partial charge in [0.2, 0.25) is 5.91 Å². The number of likely N-dealkylation sites (tertiary alicyclic amines) is 2. The summed E-state index contributed by atoms with van der Waals surface area (Å²) >= 11 is 0. The third-order valence-corrected chi connectivity index (χ3v) is 6.79. The average Bonchev–Trinajstić information content (AvgIpc) is 3.36. The van der Waals surface area contributed by atoms with E-state index in [0.717, 1.165) is 108 Å². The van der Waals surface area contributed by atoms with Crippen LogP contribution in [-0.2, 0) is 16.1 Å². The van der Waals surface area contributed by atoms with Gasteiger partial charge in [0.1, 0.15) is 6.61 Å². The smallest absolute Gasteiger partial charge is 0.225 e. The van der Waals surface area contributed by atoms with Gasteiger partial charge in [0, 0.05) is 50.7 Å². The minimum absolute atomic E-state index is 0.198. The van der Waals surface area contributed by atoms with E-state index in [1.165, 1.54) is 0 Å². The molecule has 7 nitrogen and oxygen atoms in total. The van der Waals surface area contributed by atoms with E-state index < -0.39 is 0 Å². The van der Waals surface area contributed by atoms with Crippen molar-refractivity contribution < 1.29 is 19.0 Å². The Morgan fingerprint density at radius 1 is 1.03 bits per heavy atom. The Balaban J connectivity index is 1.31. The predicted octanol–water partition coefficient (Wildman–Crippen LogP) is 2.24. The van der Waals surface area contributed by atoms with Gasteiger partial charge in [0.05, 0.1) is 20.3 Å². The minimum atomic E-state index is 0.198. The van der Waals surface area contributed by atoms with Crippen LogP contribution in [0.4, 0.5) is 0 Å².